The second kappa shape index (κ2) is 9.21. The third-order valence-corrected chi connectivity index (χ3v) is 6.67. The number of hydrogen-bond acceptors (Lipinski definition) is 4. The molecule has 1 amide bonds. The minimum absolute atomic E-state index is 0.195. The number of nitrogens with zero attached hydrogens (tertiary/aromatic N) is 1. The number of aryl methyl sites for hydroxylation is 2. The standard InChI is InChI=1S/C21H28N2O4S/c1-6-23(7-2)28(25,26)20-14-18(11-10-16(20)4)22-21(24)17(5)27-19-12-8-15(3)9-13-19/h8-14,17H,6-7H2,1-5H3,(H,22,24). The zero-order chi connectivity index (χ0) is 20.9. The molecule has 0 aromatic heterocycles. The summed E-state index contributed by atoms with van der Waals surface area (Å²) in [4.78, 5) is 12.7. The van der Waals surface area contributed by atoms with E-state index in [0.29, 0.717) is 30.1 Å². The predicted molar refractivity (Wildman–Crippen MR) is 111 cm³/mol. The maximum absolute atomic E-state index is 12.8. The second-order valence-corrected chi connectivity index (χ2v) is 8.54. The van der Waals surface area contributed by atoms with E-state index in [1.165, 1.54) is 10.4 Å². The normalized spacial score (nSPS) is 12.6. The Bertz CT molecular complexity index is 920. The first-order chi connectivity index (χ1) is 13.2. The van der Waals surface area contributed by atoms with Gasteiger partial charge in [-0.3, -0.25) is 4.79 Å². The van der Waals surface area contributed by atoms with Crippen molar-refractivity contribution in [2.45, 2.75) is 45.6 Å². The molecular formula is C21H28N2O4S. The number of anilines is 1. The van der Waals surface area contributed by atoms with Gasteiger partial charge in [-0.25, -0.2) is 8.42 Å². The van der Waals surface area contributed by atoms with Gasteiger partial charge in [-0.15, -0.1) is 0 Å². The third-order valence-electron chi connectivity index (χ3n) is 4.48. The molecule has 0 bridgehead atoms. The fourth-order valence-corrected chi connectivity index (χ4v) is 4.49. The molecule has 0 aliphatic heterocycles. The maximum atomic E-state index is 12.8. The van der Waals surface area contributed by atoms with Crippen LogP contribution in [0.2, 0.25) is 0 Å². The molecule has 2 aromatic carbocycles. The van der Waals surface area contributed by atoms with Gasteiger partial charge in [0.1, 0.15) is 5.75 Å². The van der Waals surface area contributed by atoms with Gasteiger partial charge >= 0.3 is 0 Å². The molecule has 0 heterocycles. The van der Waals surface area contributed by atoms with Crippen LogP contribution in [0.3, 0.4) is 0 Å². The molecule has 0 saturated heterocycles. The highest BCUT2D eigenvalue weighted by atomic mass is 32.2. The molecule has 1 N–H and O–H groups in total. The van der Waals surface area contributed by atoms with Gasteiger partial charge < -0.3 is 10.1 Å². The molecule has 2 rings (SSSR count). The number of nitrogens with one attached hydrogen (secondary N) is 1. The molecule has 6 nitrogen and oxygen atoms in total. The van der Waals surface area contributed by atoms with Crippen LogP contribution in [0.4, 0.5) is 5.69 Å². The van der Waals surface area contributed by atoms with Crippen molar-refractivity contribution in [3.63, 3.8) is 0 Å². The smallest absolute Gasteiger partial charge is 0.265 e. The molecule has 0 saturated carbocycles. The number of ether oxygens (including phenoxy) is 1. The summed E-state index contributed by atoms with van der Waals surface area (Å²) in [5.74, 6) is 0.248. The summed E-state index contributed by atoms with van der Waals surface area (Å²) in [6, 6.07) is 12.3. The lowest BCUT2D eigenvalue weighted by Crippen LogP contribution is -2.32. The molecule has 0 aliphatic rings. The number of hydrogen-bond donors (Lipinski definition) is 1. The summed E-state index contributed by atoms with van der Waals surface area (Å²) >= 11 is 0. The SMILES string of the molecule is CCN(CC)S(=O)(=O)c1cc(NC(=O)C(C)Oc2ccc(C)cc2)ccc1C. The fourth-order valence-electron chi connectivity index (χ4n) is 2.78. The van der Waals surface area contributed by atoms with Crippen molar-refractivity contribution in [2.24, 2.45) is 0 Å². The zero-order valence-electron chi connectivity index (χ0n) is 17.0. The van der Waals surface area contributed by atoms with Crippen molar-refractivity contribution >= 4 is 21.6 Å². The molecule has 1 unspecified atom stereocenters. The average Bonchev–Trinajstić information content (AvgIpc) is 2.65. The third kappa shape index (κ3) is 5.11. The van der Waals surface area contributed by atoms with Crippen LogP contribution >= 0.6 is 0 Å². The lowest BCUT2D eigenvalue weighted by molar-refractivity contribution is -0.122. The number of carbonyl (C=O) groups is 1. The summed E-state index contributed by atoms with van der Waals surface area (Å²) in [6.07, 6.45) is -0.730. The summed E-state index contributed by atoms with van der Waals surface area (Å²) in [5, 5.41) is 2.74. The van der Waals surface area contributed by atoms with E-state index < -0.39 is 16.1 Å². The molecule has 0 spiro atoms. The van der Waals surface area contributed by atoms with Crippen molar-refractivity contribution in [3.05, 3.63) is 53.6 Å². The number of benzene rings is 2. The Hall–Kier alpha value is -2.38. The first kappa shape index (κ1) is 21.9. The molecule has 0 aliphatic carbocycles. The minimum atomic E-state index is -3.61. The van der Waals surface area contributed by atoms with Gasteiger partial charge in [0.15, 0.2) is 6.10 Å². The first-order valence-corrected chi connectivity index (χ1v) is 10.8. The number of rotatable bonds is 8. The quantitative estimate of drug-likeness (QED) is 0.727. The molecule has 152 valence electrons. The molecule has 0 fully saturated rings. The van der Waals surface area contributed by atoms with Crippen molar-refractivity contribution in [3.8, 4) is 5.75 Å². The van der Waals surface area contributed by atoms with Gasteiger partial charge in [0.25, 0.3) is 5.91 Å². The minimum Gasteiger partial charge on any atom is -0.481 e. The van der Waals surface area contributed by atoms with Crippen LogP contribution in [0.5, 0.6) is 5.75 Å². The maximum Gasteiger partial charge on any atom is 0.265 e. The number of carbonyl (C=O) groups excluding carboxylic acids is 1. The predicted octanol–water partition coefficient (Wildman–Crippen LogP) is 3.74. The van der Waals surface area contributed by atoms with Crippen LogP contribution in [0.25, 0.3) is 0 Å². The van der Waals surface area contributed by atoms with E-state index in [1.54, 1.807) is 52.0 Å². The van der Waals surface area contributed by atoms with E-state index >= 15 is 0 Å². The lowest BCUT2D eigenvalue weighted by Gasteiger charge is -2.20. The van der Waals surface area contributed by atoms with Gasteiger partial charge in [-0.1, -0.05) is 37.6 Å². The monoisotopic (exact) mass is 404 g/mol. The summed E-state index contributed by atoms with van der Waals surface area (Å²) in [6.45, 7) is 9.73. The van der Waals surface area contributed by atoms with E-state index in [-0.39, 0.29) is 10.8 Å². The largest absolute Gasteiger partial charge is 0.481 e. The summed E-state index contributed by atoms with van der Waals surface area (Å²) < 4.78 is 32.7. The van der Waals surface area contributed by atoms with Gasteiger partial charge in [-0.2, -0.15) is 4.31 Å². The van der Waals surface area contributed by atoms with Crippen LogP contribution in [0, 0.1) is 13.8 Å². The Balaban J connectivity index is 2.17. The summed E-state index contributed by atoms with van der Waals surface area (Å²) in [7, 11) is -3.61. The highest BCUT2D eigenvalue weighted by molar-refractivity contribution is 7.89. The van der Waals surface area contributed by atoms with E-state index in [0.717, 1.165) is 5.56 Å². The molecule has 28 heavy (non-hydrogen) atoms. The zero-order valence-corrected chi connectivity index (χ0v) is 17.8. The molecule has 1 atom stereocenters. The van der Waals surface area contributed by atoms with Crippen molar-refractivity contribution in [1.29, 1.82) is 0 Å². The molecule has 7 heteroatoms. The van der Waals surface area contributed by atoms with Crippen LogP contribution in [0.15, 0.2) is 47.4 Å². The Morgan fingerprint density at radius 3 is 2.25 bits per heavy atom. The Morgan fingerprint density at radius 2 is 1.68 bits per heavy atom. The molecule has 0 radical (unpaired) electrons. The topological polar surface area (TPSA) is 75.7 Å². The van der Waals surface area contributed by atoms with Gasteiger partial charge in [-0.05, 0) is 50.6 Å². The second-order valence-electron chi connectivity index (χ2n) is 6.63. The highest BCUT2D eigenvalue weighted by Gasteiger charge is 2.24. The van der Waals surface area contributed by atoms with Crippen LogP contribution < -0.4 is 10.1 Å². The Kier molecular flexibility index (Phi) is 7.21. The van der Waals surface area contributed by atoms with Crippen LogP contribution in [-0.2, 0) is 14.8 Å². The van der Waals surface area contributed by atoms with E-state index in [1.807, 2.05) is 19.1 Å². The van der Waals surface area contributed by atoms with Gasteiger partial charge in [0.05, 0.1) is 4.90 Å². The Labute approximate surface area is 167 Å². The van der Waals surface area contributed by atoms with E-state index in [2.05, 4.69) is 5.32 Å². The Morgan fingerprint density at radius 1 is 1.07 bits per heavy atom. The summed E-state index contributed by atoms with van der Waals surface area (Å²) in [5.41, 5.74) is 2.15. The van der Waals surface area contributed by atoms with Crippen molar-refractivity contribution in [1.82, 2.24) is 4.31 Å². The average molecular weight is 405 g/mol. The van der Waals surface area contributed by atoms with Crippen LogP contribution in [0.1, 0.15) is 31.9 Å². The fraction of sp³-hybridized carbons (Fsp3) is 0.381. The first-order valence-electron chi connectivity index (χ1n) is 9.34. The van der Waals surface area contributed by atoms with Crippen molar-refractivity contribution < 1.29 is 17.9 Å². The molecular weight excluding hydrogens is 376 g/mol. The molecule has 2 aromatic rings. The highest BCUT2D eigenvalue weighted by Crippen LogP contribution is 2.24. The van der Waals surface area contributed by atoms with Gasteiger partial charge in [0, 0.05) is 18.8 Å². The van der Waals surface area contributed by atoms with Crippen LogP contribution in [-0.4, -0.2) is 37.8 Å². The number of amides is 1. The lowest BCUT2D eigenvalue weighted by atomic mass is 10.2. The van der Waals surface area contributed by atoms with E-state index in [4.69, 9.17) is 4.74 Å². The van der Waals surface area contributed by atoms with Crippen molar-refractivity contribution in [2.75, 3.05) is 18.4 Å². The van der Waals surface area contributed by atoms with Gasteiger partial charge in [0.2, 0.25) is 10.0 Å². The van der Waals surface area contributed by atoms with E-state index in [9.17, 15) is 13.2 Å². The number of sulfonamides is 1.